The predicted octanol–water partition coefficient (Wildman–Crippen LogP) is 3.89. The fraction of sp³-hybridized carbons (Fsp3) is 0.381. The van der Waals surface area contributed by atoms with Crippen molar-refractivity contribution in [3.63, 3.8) is 0 Å². The van der Waals surface area contributed by atoms with E-state index in [1.165, 1.54) is 22.0 Å². The second-order valence-corrected chi connectivity index (χ2v) is 8.73. The molecule has 0 spiro atoms. The van der Waals surface area contributed by atoms with Crippen molar-refractivity contribution in [2.45, 2.75) is 38.5 Å². The Balaban J connectivity index is 1.93. The first-order chi connectivity index (χ1) is 13.3. The minimum Gasteiger partial charge on any atom is -0.376 e. The number of carbonyl (C=O) groups excluding carboxylic acids is 1. The molecule has 0 heterocycles. The molecule has 2 aromatic carbocycles. The zero-order valence-electron chi connectivity index (χ0n) is 16.9. The van der Waals surface area contributed by atoms with Crippen LogP contribution in [0.15, 0.2) is 53.4 Å². The van der Waals surface area contributed by atoms with E-state index in [2.05, 4.69) is 24.5 Å². The highest BCUT2D eigenvalue weighted by Crippen LogP contribution is 2.19. The molecule has 2 aromatic rings. The van der Waals surface area contributed by atoms with Crippen LogP contribution in [-0.2, 0) is 14.8 Å². The molecule has 0 aromatic heterocycles. The van der Waals surface area contributed by atoms with Gasteiger partial charge in [0.05, 0.1) is 11.4 Å². The Bertz CT molecular complexity index is 872. The van der Waals surface area contributed by atoms with E-state index in [-0.39, 0.29) is 17.3 Å². The van der Waals surface area contributed by atoms with Crippen molar-refractivity contribution in [2.24, 2.45) is 0 Å². The summed E-state index contributed by atoms with van der Waals surface area (Å²) in [6, 6.07) is 14.2. The van der Waals surface area contributed by atoms with E-state index in [1.807, 2.05) is 24.3 Å². The monoisotopic (exact) mass is 403 g/mol. The molecule has 0 unspecified atom stereocenters. The first-order valence-electron chi connectivity index (χ1n) is 9.51. The van der Waals surface area contributed by atoms with Gasteiger partial charge in [-0.1, -0.05) is 39.8 Å². The maximum atomic E-state index is 12.5. The van der Waals surface area contributed by atoms with Crippen LogP contribution in [0.5, 0.6) is 0 Å². The molecule has 6 nitrogen and oxygen atoms in total. The summed E-state index contributed by atoms with van der Waals surface area (Å²) in [5.41, 5.74) is 2.68. The van der Waals surface area contributed by atoms with Crippen molar-refractivity contribution in [1.29, 1.82) is 0 Å². The highest BCUT2D eigenvalue weighted by Gasteiger charge is 2.21. The van der Waals surface area contributed by atoms with Gasteiger partial charge in [0.15, 0.2) is 0 Å². The van der Waals surface area contributed by atoms with Crippen LogP contribution in [0.2, 0.25) is 0 Å². The Labute approximate surface area is 168 Å². The lowest BCUT2D eigenvalue weighted by Crippen LogP contribution is -2.30. The van der Waals surface area contributed by atoms with Gasteiger partial charge in [0.25, 0.3) is 0 Å². The minimum absolute atomic E-state index is 0.126. The van der Waals surface area contributed by atoms with E-state index >= 15 is 0 Å². The van der Waals surface area contributed by atoms with Gasteiger partial charge in [-0.05, 0) is 47.9 Å². The van der Waals surface area contributed by atoms with Crippen LogP contribution >= 0.6 is 0 Å². The van der Waals surface area contributed by atoms with Crippen molar-refractivity contribution in [1.82, 2.24) is 4.31 Å². The lowest BCUT2D eigenvalue weighted by atomic mass is 10.0. The third-order valence-electron chi connectivity index (χ3n) is 4.51. The topological polar surface area (TPSA) is 78.5 Å². The van der Waals surface area contributed by atoms with E-state index in [0.717, 1.165) is 5.69 Å². The molecule has 0 bridgehead atoms. The van der Waals surface area contributed by atoms with E-state index in [4.69, 9.17) is 0 Å². The van der Waals surface area contributed by atoms with Crippen molar-refractivity contribution in [3.8, 4) is 0 Å². The maximum Gasteiger partial charge on any atom is 0.243 e. The van der Waals surface area contributed by atoms with Crippen LogP contribution in [0.3, 0.4) is 0 Å². The lowest BCUT2D eigenvalue weighted by molar-refractivity contribution is -0.114. The van der Waals surface area contributed by atoms with Crippen molar-refractivity contribution >= 4 is 27.3 Å². The van der Waals surface area contributed by atoms with Gasteiger partial charge in [-0.3, -0.25) is 4.79 Å². The molecule has 0 fully saturated rings. The van der Waals surface area contributed by atoms with Crippen LogP contribution in [0.4, 0.5) is 11.4 Å². The van der Waals surface area contributed by atoms with Crippen LogP contribution < -0.4 is 10.6 Å². The van der Waals surface area contributed by atoms with Gasteiger partial charge in [0.2, 0.25) is 15.9 Å². The Morgan fingerprint density at radius 3 is 1.96 bits per heavy atom. The molecule has 0 aliphatic heterocycles. The summed E-state index contributed by atoms with van der Waals surface area (Å²) < 4.78 is 26.4. The van der Waals surface area contributed by atoms with Gasteiger partial charge in [-0.2, -0.15) is 4.31 Å². The van der Waals surface area contributed by atoms with Crippen LogP contribution in [0.25, 0.3) is 0 Å². The number of nitrogens with zero attached hydrogens (tertiary/aromatic N) is 1. The fourth-order valence-electron chi connectivity index (χ4n) is 2.80. The number of rotatable bonds is 9. The summed E-state index contributed by atoms with van der Waals surface area (Å²) in [5, 5.41) is 5.85. The molecule has 0 atom stereocenters. The number of benzene rings is 2. The van der Waals surface area contributed by atoms with Crippen molar-refractivity contribution in [3.05, 3.63) is 54.1 Å². The normalized spacial score (nSPS) is 11.6. The molecule has 2 N–H and O–H groups in total. The standard InChI is InChI=1S/C21H29N3O3S/c1-5-24(6-2)28(26,27)20-13-11-19(12-14-20)23-21(25)15-22-18-9-7-17(8-10-18)16(3)4/h7-14,16,22H,5-6,15H2,1-4H3,(H,23,25). The first kappa shape index (κ1) is 21.9. The summed E-state index contributed by atoms with van der Waals surface area (Å²) in [4.78, 5) is 12.4. The molecule has 0 aliphatic carbocycles. The van der Waals surface area contributed by atoms with Gasteiger partial charge >= 0.3 is 0 Å². The highest BCUT2D eigenvalue weighted by atomic mass is 32.2. The van der Waals surface area contributed by atoms with Crippen LogP contribution in [-0.4, -0.2) is 38.3 Å². The second-order valence-electron chi connectivity index (χ2n) is 6.79. The molecular formula is C21H29N3O3S. The minimum atomic E-state index is -3.49. The van der Waals surface area contributed by atoms with Crippen LogP contribution in [0, 0.1) is 0 Å². The number of hydrogen-bond acceptors (Lipinski definition) is 4. The molecule has 152 valence electrons. The largest absolute Gasteiger partial charge is 0.376 e. The zero-order valence-corrected chi connectivity index (χ0v) is 17.7. The zero-order chi connectivity index (χ0) is 20.7. The molecule has 2 rings (SSSR count). The Kier molecular flexibility index (Phi) is 7.60. The molecular weight excluding hydrogens is 374 g/mol. The Hall–Kier alpha value is -2.38. The summed E-state index contributed by atoms with van der Waals surface area (Å²) in [6.07, 6.45) is 0. The van der Waals surface area contributed by atoms with E-state index in [9.17, 15) is 13.2 Å². The predicted molar refractivity (Wildman–Crippen MR) is 114 cm³/mol. The van der Waals surface area contributed by atoms with Crippen molar-refractivity contribution in [2.75, 3.05) is 30.3 Å². The maximum absolute atomic E-state index is 12.5. The average Bonchev–Trinajstić information content (AvgIpc) is 2.68. The average molecular weight is 404 g/mol. The van der Waals surface area contributed by atoms with E-state index in [0.29, 0.717) is 24.7 Å². The number of hydrogen-bond donors (Lipinski definition) is 2. The fourth-order valence-corrected chi connectivity index (χ4v) is 4.25. The third kappa shape index (κ3) is 5.56. The first-order valence-corrected chi connectivity index (χ1v) is 11.0. The number of sulfonamides is 1. The lowest BCUT2D eigenvalue weighted by Gasteiger charge is -2.18. The molecule has 0 saturated carbocycles. The van der Waals surface area contributed by atoms with E-state index in [1.54, 1.807) is 26.0 Å². The number of anilines is 2. The van der Waals surface area contributed by atoms with Gasteiger partial charge in [-0.25, -0.2) is 8.42 Å². The molecule has 28 heavy (non-hydrogen) atoms. The molecule has 7 heteroatoms. The van der Waals surface area contributed by atoms with Crippen molar-refractivity contribution < 1.29 is 13.2 Å². The number of amides is 1. The second kappa shape index (κ2) is 9.71. The quantitative estimate of drug-likeness (QED) is 0.666. The van der Waals surface area contributed by atoms with Gasteiger partial charge < -0.3 is 10.6 Å². The Morgan fingerprint density at radius 2 is 1.46 bits per heavy atom. The third-order valence-corrected chi connectivity index (χ3v) is 6.58. The van der Waals surface area contributed by atoms with Gasteiger partial charge in [0.1, 0.15) is 0 Å². The summed E-state index contributed by atoms with van der Waals surface area (Å²) >= 11 is 0. The summed E-state index contributed by atoms with van der Waals surface area (Å²) in [7, 11) is -3.49. The molecule has 0 aliphatic rings. The summed E-state index contributed by atoms with van der Waals surface area (Å²) in [6.45, 7) is 8.84. The molecule has 0 radical (unpaired) electrons. The van der Waals surface area contributed by atoms with Crippen LogP contribution in [0.1, 0.15) is 39.2 Å². The highest BCUT2D eigenvalue weighted by molar-refractivity contribution is 7.89. The van der Waals surface area contributed by atoms with E-state index < -0.39 is 10.0 Å². The number of carbonyl (C=O) groups is 1. The smallest absolute Gasteiger partial charge is 0.243 e. The van der Waals surface area contributed by atoms with Gasteiger partial charge in [-0.15, -0.1) is 0 Å². The number of nitrogens with one attached hydrogen (secondary N) is 2. The van der Waals surface area contributed by atoms with Gasteiger partial charge in [0, 0.05) is 24.5 Å². The molecule has 0 saturated heterocycles. The SMILES string of the molecule is CCN(CC)S(=O)(=O)c1ccc(NC(=O)CNc2ccc(C(C)C)cc2)cc1. The summed E-state index contributed by atoms with van der Waals surface area (Å²) in [5.74, 6) is 0.262. The Morgan fingerprint density at radius 1 is 0.929 bits per heavy atom. The molecule has 1 amide bonds.